The van der Waals surface area contributed by atoms with E-state index in [4.69, 9.17) is 0 Å². The zero-order valence-corrected chi connectivity index (χ0v) is 13.2. The second-order valence-electron chi connectivity index (χ2n) is 5.86. The van der Waals surface area contributed by atoms with Crippen LogP contribution in [0.1, 0.15) is 43.8 Å². The molecule has 1 heterocycles. The van der Waals surface area contributed by atoms with Gasteiger partial charge >= 0.3 is 0 Å². The molecule has 20 heavy (non-hydrogen) atoms. The van der Waals surface area contributed by atoms with E-state index >= 15 is 0 Å². The maximum Gasteiger partial charge on any atom is 0.148 e. The lowest BCUT2D eigenvalue weighted by Gasteiger charge is -2.22. The Labute approximate surface area is 121 Å². The summed E-state index contributed by atoms with van der Waals surface area (Å²) in [4.78, 5) is 0. The van der Waals surface area contributed by atoms with E-state index < -0.39 is 9.84 Å². The van der Waals surface area contributed by atoms with Crippen LogP contribution in [0.3, 0.4) is 0 Å². The Morgan fingerprint density at radius 1 is 1.40 bits per heavy atom. The Bertz CT molecular complexity index is 518. The van der Waals surface area contributed by atoms with Gasteiger partial charge in [0.25, 0.3) is 0 Å². The molecule has 0 bridgehead atoms. The summed E-state index contributed by atoms with van der Waals surface area (Å²) in [6.45, 7) is 0. The molecule has 1 atom stereocenters. The average molecular weight is 299 g/mol. The number of nitrogens with zero attached hydrogens (tertiary/aromatic N) is 2. The van der Waals surface area contributed by atoms with Crippen molar-refractivity contribution < 1.29 is 8.42 Å². The summed E-state index contributed by atoms with van der Waals surface area (Å²) in [7, 11) is -1.17. The zero-order chi connectivity index (χ0) is 14.6. The van der Waals surface area contributed by atoms with Crippen LogP contribution in [-0.2, 0) is 16.3 Å². The van der Waals surface area contributed by atoms with Crippen LogP contribution in [0.15, 0.2) is 12.3 Å². The number of rotatable bonds is 6. The molecule has 1 N–H and O–H groups in total. The monoisotopic (exact) mass is 299 g/mol. The van der Waals surface area contributed by atoms with E-state index in [1.54, 1.807) is 7.05 Å². The van der Waals surface area contributed by atoms with E-state index in [0.29, 0.717) is 12.5 Å². The minimum Gasteiger partial charge on any atom is -0.316 e. The van der Waals surface area contributed by atoms with E-state index in [1.807, 2.05) is 12.3 Å². The molecule has 0 aromatic carbocycles. The Hall–Kier alpha value is -0.880. The molecule has 1 saturated carbocycles. The van der Waals surface area contributed by atoms with Gasteiger partial charge in [-0.25, -0.2) is 8.42 Å². The lowest BCUT2D eigenvalue weighted by Crippen LogP contribution is -2.34. The van der Waals surface area contributed by atoms with E-state index in [0.717, 1.165) is 5.69 Å². The van der Waals surface area contributed by atoms with Crippen LogP contribution in [0.2, 0.25) is 0 Å². The molecular formula is C14H25N3O2S. The van der Waals surface area contributed by atoms with Gasteiger partial charge in [0.1, 0.15) is 9.84 Å². The third-order valence-electron chi connectivity index (χ3n) is 3.98. The summed E-state index contributed by atoms with van der Waals surface area (Å²) in [5.74, 6) is 0.153. The lowest BCUT2D eigenvalue weighted by molar-refractivity contribution is 0.327. The van der Waals surface area contributed by atoms with E-state index in [-0.39, 0.29) is 11.8 Å². The molecule has 1 unspecified atom stereocenters. The molecule has 0 aliphatic heterocycles. The van der Waals surface area contributed by atoms with Crippen molar-refractivity contribution in [2.75, 3.05) is 19.1 Å². The van der Waals surface area contributed by atoms with Crippen molar-refractivity contribution in [1.82, 2.24) is 15.1 Å². The number of sulfone groups is 1. The van der Waals surface area contributed by atoms with Crippen LogP contribution in [0.25, 0.3) is 0 Å². The normalized spacial score (nSPS) is 19.1. The van der Waals surface area contributed by atoms with Crippen LogP contribution >= 0.6 is 0 Å². The number of aromatic nitrogens is 2. The molecule has 1 aromatic heterocycles. The zero-order valence-electron chi connectivity index (χ0n) is 12.4. The Morgan fingerprint density at radius 3 is 2.70 bits per heavy atom. The Kier molecular flexibility index (Phi) is 5.21. The molecule has 0 spiro atoms. The third kappa shape index (κ3) is 4.59. The predicted octanol–water partition coefficient (Wildman–Crippen LogP) is 1.56. The van der Waals surface area contributed by atoms with Crippen LogP contribution < -0.4 is 5.32 Å². The van der Waals surface area contributed by atoms with Gasteiger partial charge in [0.05, 0.1) is 17.5 Å². The lowest BCUT2D eigenvalue weighted by atomic mass is 9.96. The molecule has 0 saturated heterocycles. The predicted molar refractivity (Wildman–Crippen MR) is 80.6 cm³/mol. The third-order valence-corrected chi connectivity index (χ3v) is 4.99. The number of hydrogen-bond donors (Lipinski definition) is 1. The fourth-order valence-corrected chi connectivity index (χ4v) is 3.91. The molecule has 1 aliphatic carbocycles. The highest BCUT2D eigenvalue weighted by atomic mass is 32.2. The molecule has 0 amide bonds. The number of nitrogens with one attached hydrogen (secondary N) is 1. The van der Waals surface area contributed by atoms with Crippen LogP contribution in [0.4, 0.5) is 0 Å². The minimum absolute atomic E-state index is 0.0697. The molecule has 1 fully saturated rings. The van der Waals surface area contributed by atoms with Gasteiger partial charge in [0, 0.05) is 24.9 Å². The van der Waals surface area contributed by atoms with Crippen LogP contribution in [-0.4, -0.2) is 43.3 Å². The van der Waals surface area contributed by atoms with Crippen molar-refractivity contribution in [2.24, 2.45) is 0 Å². The molecule has 2 rings (SSSR count). The maximum absolute atomic E-state index is 11.4. The first-order chi connectivity index (χ1) is 9.48. The fourth-order valence-electron chi connectivity index (χ4n) is 2.90. The number of hydrogen-bond acceptors (Lipinski definition) is 4. The summed E-state index contributed by atoms with van der Waals surface area (Å²) < 4.78 is 24.8. The van der Waals surface area contributed by atoms with Crippen molar-refractivity contribution in [3.05, 3.63) is 18.0 Å². The summed E-state index contributed by atoms with van der Waals surface area (Å²) in [6.07, 6.45) is 10.3. The highest BCUT2D eigenvalue weighted by Crippen LogP contribution is 2.27. The molecule has 5 nitrogen and oxygen atoms in total. The first kappa shape index (κ1) is 15.5. The van der Waals surface area contributed by atoms with Gasteiger partial charge in [-0.1, -0.05) is 19.3 Å². The highest BCUT2D eigenvalue weighted by Gasteiger charge is 2.18. The minimum atomic E-state index is -2.97. The summed E-state index contributed by atoms with van der Waals surface area (Å²) in [5.41, 5.74) is 0.971. The van der Waals surface area contributed by atoms with Crippen molar-refractivity contribution in [1.29, 1.82) is 0 Å². The largest absolute Gasteiger partial charge is 0.316 e. The first-order valence-corrected chi connectivity index (χ1v) is 9.43. The van der Waals surface area contributed by atoms with Gasteiger partial charge in [0.15, 0.2) is 0 Å². The van der Waals surface area contributed by atoms with Gasteiger partial charge in [-0.3, -0.25) is 4.68 Å². The molecule has 114 valence electrons. The van der Waals surface area contributed by atoms with Gasteiger partial charge in [-0.15, -0.1) is 0 Å². The van der Waals surface area contributed by atoms with Crippen molar-refractivity contribution in [2.45, 2.75) is 50.6 Å². The van der Waals surface area contributed by atoms with Crippen LogP contribution in [0.5, 0.6) is 0 Å². The summed E-state index contributed by atoms with van der Waals surface area (Å²) in [6, 6.07) is 2.47. The van der Waals surface area contributed by atoms with Gasteiger partial charge in [-0.05, 0) is 26.0 Å². The second kappa shape index (κ2) is 6.72. The highest BCUT2D eigenvalue weighted by molar-refractivity contribution is 7.90. The second-order valence-corrected chi connectivity index (χ2v) is 8.05. The van der Waals surface area contributed by atoms with E-state index in [2.05, 4.69) is 15.1 Å². The standard InChI is InChI=1S/C14H25N3O2S/c1-15-13(11-20(2,18)19)10-12-8-9-17(16-12)14-6-4-3-5-7-14/h8-9,13-15H,3-7,10-11H2,1-2H3. The summed E-state index contributed by atoms with van der Waals surface area (Å²) in [5, 5.41) is 7.70. The SMILES string of the molecule is CNC(Cc1ccn(C2CCCCC2)n1)CS(C)(=O)=O. The van der Waals surface area contributed by atoms with Crippen LogP contribution in [0, 0.1) is 0 Å². The quantitative estimate of drug-likeness (QED) is 0.866. The smallest absolute Gasteiger partial charge is 0.148 e. The van der Waals surface area contributed by atoms with E-state index in [1.165, 1.54) is 38.4 Å². The Morgan fingerprint density at radius 2 is 2.10 bits per heavy atom. The van der Waals surface area contributed by atoms with Gasteiger partial charge in [-0.2, -0.15) is 5.10 Å². The molecule has 1 aromatic rings. The average Bonchev–Trinajstić information content (AvgIpc) is 2.86. The summed E-state index contributed by atoms with van der Waals surface area (Å²) >= 11 is 0. The Balaban J connectivity index is 1.97. The van der Waals surface area contributed by atoms with Gasteiger partial charge in [0.2, 0.25) is 0 Å². The van der Waals surface area contributed by atoms with E-state index in [9.17, 15) is 8.42 Å². The first-order valence-electron chi connectivity index (χ1n) is 7.37. The molecule has 6 heteroatoms. The molecule has 0 radical (unpaired) electrons. The topological polar surface area (TPSA) is 64.0 Å². The van der Waals surface area contributed by atoms with Crippen molar-refractivity contribution in [3.63, 3.8) is 0 Å². The maximum atomic E-state index is 11.4. The number of likely N-dealkylation sites (N-methyl/N-ethyl adjacent to an activating group) is 1. The fraction of sp³-hybridized carbons (Fsp3) is 0.786. The molecule has 1 aliphatic rings. The van der Waals surface area contributed by atoms with Crippen molar-refractivity contribution in [3.8, 4) is 0 Å². The van der Waals surface area contributed by atoms with Gasteiger partial charge < -0.3 is 5.32 Å². The van der Waals surface area contributed by atoms with Crippen molar-refractivity contribution >= 4 is 9.84 Å². The molecular weight excluding hydrogens is 274 g/mol.